The van der Waals surface area contributed by atoms with Crippen LogP contribution in [0.15, 0.2) is 5.16 Å². The summed E-state index contributed by atoms with van der Waals surface area (Å²) in [6, 6.07) is 0.271. The Bertz CT molecular complexity index is 396. The average Bonchev–Trinajstić information content (AvgIpc) is 2.66. The quantitative estimate of drug-likeness (QED) is 0.865. The molecule has 1 aliphatic rings. The SMILES string of the molecule is Cc1nc(SC2CC(C(C)(C)C)CCC2N)n[nH]1. The van der Waals surface area contributed by atoms with Crippen molar-refractivity contribution in [2.75, 3.05) is 0 Å². The molecule has 4 nitrogen and oxygen atoms in total. The fourth-order valence-electron chi connectivity index (χ4n) is 2.58. The lowest BCUT2D eigenvalue weighted by Crippen LogP contribution is -2.41. The molecule has 0 aliphatic heterocycles. The van der Waals surface area contributed by atoms with Gasteiger partial charge in [0, 0.05) is 11.3 Å². The minimum absolute atomic E-state index is 0.271. The second-order valence-electron chi connectivity index (χ2n) is 6.40. The third kappa shape index (κ3) is 3.26. The second-order valence-corrected chi connectivity index (χ2v) is 7.61. The second kappa shape index (κ2) is 5.21. The van der Waals surface area contributed by atoms with Crippen LogP contribution in [0.1, 0.15) is 45.9 Å². The van der Waals surface area contributed by atoms with Crippen molar-refractivity contribution in [3.63, 3.8) is 0 Å². The van der Waals surface area contributed by atoms with Crippen molar-refractivity contribution >= 4 is 11.8 Å². The number of rotatable bonds is 2. The molecule has 2 rings (SSSR count). The Kier molecular flexibility index (Phi) is 4.02. The highest BCUT2D eigenvalue weighted by Crippen LogP contribution is 2.42. The van der Waals surface area contributed by atoms with Crippen LogP contribution in [-0.4, -0.2) is 26.5 Å². The fraction of sp³-hybridized carbons (Fsp3) is 0.846. The molecule has 1 heterocycles. The monoisotopic (exact) mass is 268 g/mol. The van der Waals surface area contributed by atoms with Crippen LogP contribution in [0.4, 0.5) is 0 Å². The summed E-state index contributed by atoms with van der Waals surface area (Å²) < 4.78 is 0. The average molecular weight is 268 g/mol. The molecule has 0 amide bonds. The van der Waals surface area contributed by atoms with Gasteiger partial charge in [-0.3, -0.25) is 5.10 Å². The van der Waals surface area contributed by atoms with Crippen molar-refractivity contribution in [3.05, 3.63) is 5.82 Å². The van der Waals surface area contributed by atoms with Gasteiger partial charge in [0.1, 0.15) is 5.82 Å². The fourth-order valence-corrected chi connectivity index (χ4v) is 3.78. The molecule has 1 saturated carbocycles. The van der Waals surface area contributed by atoms with Crippen LogP contribution in [0.25, 0.3) is 0 Å². The number of thioether (sulfide) groups is 1. The van der Waals surface area contributed by atoms with Crippen molar-refractivity contribution in [1.82, 2.24) is 15.2 Å². The minimum atomic E-state index is 0.271. The van der Waals surface area contributed by atoms with Gasteiger partial charge in [0.15, 0.2) is 0 Å². The van der Waals surface area contributed by atoms with Crippen LogP contribution >= 0.6 is 11.8 Å². The van der Waals surface area contributed by atoms with Gasteiger partial charge in [0.05, 0.1) is 0 Å². The first-order valence-electron chi connectivity index (χ1n) is 6.67. The number of nitrogens with one attached hydrogen (secondary N) is 1. The summed E-state index contributed by atoms with van der Waals surface area (Å²) in [6.45, 7) is 8.91. The summed E-state index contributed by atoms with van der Waals surface area (Å²) in [5, 5.41) is 8.37. The number of aryl methyl sites for hydroxylation is 1. The van der Waals surface area contributed by atoms with E-state index >= 15 is 0 Å². The van der Waals surface area contributed by atoms with Gasteiger partial charge in [-0.25, -0.2) is 4.98 Å². The Hall–Kier alpha value is -0.550. The van der Waals surface area contributed by atoms with E-state index in [0.29, 0.717) is 10.7 Å². The van der Waals surface area contributed by atoms with E-state index in [1.807, 2.05) is 6.92 Å². The molecule has 102 valence electrons. The molecule has 0 radical (unpaired) electrons. The lowest BCUT2D eigenvalue weighted by atomic mass is 9.71. The molecule has 0 bridgehead atoms. The first-order chi connectivity index (χ1) is 8.36. The lowest BCUT2D eigenvalue weighted by molar-refractivity contribution is 0.174. The molecule has 3 atom stereocenters. The van der Waals surface area contributed by atoms with Crippen molar-refractivity contribution in [1.29, 1.82) is 0 Å². The van der Waals surface area contributed by atoms with Crippen molar-refractivity contribution in [2.45, 2.75) is 63.4 Å². The van der Waals surface area contributed by atoms with Gasteiger partial charge in [-0.1, -0.05) is 32.5 Å². The van der Waals surface area contributed by atoms with E-state index in [-0.39, 0.29) is 6.04 Å². The Morgan fingerprint density at radius 1 is 1.33 bits per heavy atom. The Morgan fingerprint density at radius 3 is 2.61 bits per heavy atom. The maximum absolute atomic E-state index is 6.25. The zero-order chi connectivity index (χ0) is 13.3. The third-order valence-corrected chi connectivity index (χ3v) is 5.14. The molecule has 3 unspecified atom stereocenters. The number of aromatic nitrogens is 3. The predicted molar refractivity (Wildman–Crippen MR) is 75.5 cm³/mol. The molecule has 5 heteroatoms. The van der Waals surface area contributed by atoms with Gasteiger partial charge >= 0.3 is 0 Å². The number of hydrogen-bond donors (Lipinski definition) is 2. The molecule has 0 spiro atoms. The van der Waals surface area contributed by atoms with E-state index in [2.05, 4.69) is 36.0 Å². The topological polar surface area (TPSA) is 67.6 Å². The molecule has 0 saturated heterocycles. The van der Waals surface area contributed by atoms with E-state index < -0.39 is 0 Å². The number of H-pyrrole nitrogens is 1. The highest BCUT2D eigenvalue weighted by Gasteiger charge is 2.35. The van der Waals surface area contributed by atoms with Gasteiger partial charge in [0.25, 0.3) is 0 Å². The normalized spacial score (nSPS) is 29.5. The molecular formula is C13H24N4S. The van der Waals surface area contributed by atoms with Crippen molar-refractivity contribution in [3.8, 4) is 0 Å². The summed E-state index contributed by atoms with van der Waals surface area (Å²) in [4.78, 5) is 4.37. The number of nitrogens with two attached hydrogens (primary N) is 1. The number of nitrogens with zero attached hydrogens (tertiary/aromatic N) is 2. The largest absolute Gasteiger partial charge is 0.327 e. The smallest absolute Gasteiger partial charge is 0.208 e. The van der Waals surface area contributed by atoms with Gasteiger partial charge in [-0.05, 0) is 37.5 Å². The lowest BCUT2D eigenvalue weighted by Gasteiger charge is -2.40. The number of hydrogen-bond acceptors (Lipinski definition) is 4. The zero-order valence-electron chi connectivity index (χ0n) is 11.7. The van der Waals surface area contributed by atoms with Crippen LogP contribution < -0.4 is 5.73 Å². The summed E-state index contributed by atoms with van der Waals surface area (Å²) in [5.41, 5.74) is 6.62. The van der Waals surface area contributed by atoms with E-state index in [1.54, 1.807) is 11.8 Å². The highest BCUT2D eigenvalue weighted by atomic mass is 32.2. The summed E-state index contributed by atoms with van der Waals surface area (Å²) >= 11 is 1.73. The van der Waals surface area contributed by atoms with E-state index in [4.69, 9.17) is 5.73 Å². The molecule has 3 N–H and O–H groups in total. The van der Waals surface area contributed by atoms with Crippen LogP contribution in [-0.2, 0) is 0 Å². The maximum Gasteiger partial charge on any atom is 0.208 e. The summed E-state index contributed by atoms with van der Waals surface area (Å²) in [6.07, 6.45) is 3.53. The minimum Gasteiger partial charge on any atom is -0.327 e. The zero-order valence-corrected chi connectivity index (χ0v) is 12.5. The van der Waals surface area contributed by atoms with Gasteiger partial charge in [0.2, 0.25) is 5.16 Å². The molecule has 18 heavy (non-hydrogen) atoms. The Labute approximate surface area is 114 Å². The third-order valence-electron chi connectivity index (χ3n) is 3.90. The summed E-state index contributed by atoms with van der Waals surface area (Å²) in [7, 11) is 0. The van der Waals surface area contributed by atoms with E-state index in [1.165, 1.54) is 12.8 Å². The molecule has 1 aromatic heterocycles. The highest BCUT2D eigenvalue weighted by molar-refractivity contribution is 7.99. The van der Waals surface area contributed by atoms with Crippen LogP contribution in [0, 0.1) is 18.3 Å². The van der Waals surface area contributed by atoms with Crippen molar-refractivity contribution in [2.24, 2.45) is 17.1 Å². The van der Waals surface area contributed by atoms with Crippen molar-refractivity contribution < 1.29 is 0 Å². The van der Waals surface area contributed by atoms with Gasteiger partial charge in [-0.2, -0.15) is 0 Å². The first kappa shape index (κ1) is 13.9. The molecule has 1 fully saturated rings. The van der Waals surface area contributed by atoms with Crippen LogP contribution in [0.2, 0.25) is 0 Å². The maximum atomic E-state index is 6.25. The first-order valence-corrected chi connectivity index (χ1v) is 7.55. The van der Waals surface area contributed by atoms with Crippen LogP contribution in [0.3, 0.4) is 0 Å². The molecule has 1 aromatic rings. The molecule has 1 aliphatic carbocycles. The van der Waals surface area contributed by atoms with Gasteiger partial charge in [-0.15, -0.1) is 5.10 Å². The predicted octanol–water partition coefficient (Wildman–Crippen LogP) is 2.75. The van der Waals surface area contributed by atoms with E-state index in [9.17, 15) is 0 Å². The Balaban J connectivity index is 2.02. The van der Waals surface area contributed by atoms with Crippen LogP contribution in [0.5, 0.6) is 0 Å². The molecular weight excluding hydrogens is 244 g/mol. The molecule has 0 aromatic carbocycles. The van der Waals surface area contributed by atoms with E-state index in [0.717, 1.165) is 23.3 Å². The number of aromatic amines is 1. The summed E-state index contributed by atoms with van der Waals surface area (Å²) in [5.74, 6) is 1.61. The Morgan fingerprint density at radius 2 is 2.06 bits per heavy atom. The van der Waals surface area contributed by atoms with Gasteiger partial charge < -0.3 is 5.73 Å². The standard InChI is InChI=1S/C13H24N4S/c1-8-15-12(17-16-8)18-11-7-9(13(2,3)4)5-6-10(11)14/h9-11H,5-7,14H2,1-4H3,(H,15,16,17).